The third kappa shape index (κ3) is 2.10. The molecule has 2 atom stereocenters. The van der Waals surface area contributed by atoms with Gasteiger partial charge >= 0.3 is 0 Å². The van der Waals surface area contributed by atoms with Gasteiger partial charge in [-0.2, -0.15) is 0 Å². The van der Waals surface area contributed by atoms with E-state index >= 15 is 0 Å². The van der Waals surface area contributed by atoms with Gasteiger partial charge in [0, 0.05) is 12.6 Å². The van der Waals surface area contributed by atoms with Crippen LogP contribution < -0.4 is 5.32 Å². The lowest BCUT2D eigenvalue weighted by molar-refractivity contribution is -0.226. The Balaban J connectivity index is 2.74. The third-order valence-electron chi connectivity index (χ3n) is 3.01. The molecule has 0 aromatic carbocycles. The van der Waals surface area contributed by atoms with Crippen molar-refractivity contribution in [2.24, 2.45) is 0 Å². The molecule has 3 nitrogen and oxygen atoms in total. The van der Waals surface area contributed by atoms with Gasteiger partial charge in [0.25, 0.3) is 0 Å². The lowest BCUT2D eigenvalue weighted by Gasteiger charge is -2.41. The Hall–Kier alpha value is -0.120. The maximum absolute atomic E-state index is 5.72. The summed E-state index contributed by atoms with van der Waals surface area (Å²) in [5.41, 5.74) is -0.0722. The largest absolute Gasteiger partial charge is 0.349 e. The first-order chi connectivity index (χ1) is 6.43. The molecule has 0 bridgehead atoms. The fraction of sp³-hybridized carbons (Fsp3) is 1.00. The predicted octanol–water partition coefficient (Wildman–Crippen LogP) is 1.92. The van der Waals surface area contributed by atoms with Gasteiger partial charge in [-0.05, 0) is 27.2 Å². The van der Waals surface area contributed by atoms with E-state index in [4.69, 9.17) is 9.47 Å². The number of nitrogens with one attached hydrogen (secondary N) is 1. The predicted molar refractivity (Wildman–Crippen MR) is 57.3 cm³/mol. The van der Waals surface area contributed by atoms with E-state index in [0.717, 1.165) is 13.0 Å². The third-order valence-corrected chi connectivity index (χ3v) is 3.01. The van der Waals surface area contributed by atoms with Gasteiger partial charge in [-0.25, -0.2) is 0 Å². The zero-order valence-electron chi connectivity index (χ0n) is 10.0. The molecule has 0 radical (unpaired) electrons. The van der Waals surface area contributed by atoms with Gasteiger partial charge in [-0.1, -0.05) is 13.8 Å². The molecule has 0 aliphatic carbocycles. The summed E-state index contributed by atoms with van der Waals surface area (Å²) in [6, 6.07) is 0.446. The maximum Gasteiger partial charge on any atom is 0.183 e. The molecule has 0 aromatic rings. The first-order valence-electron chi connectivity index (χ1n) is 5.49. The smallest absolute Gasteiger partial charge is 0.183 e. The van der Waals surface area contributed by atoms with Crippen molar-refractivity contribution in [3.63, 3.8) is 0 Å². The minimum absolute atomic E-state index is 0.0722. The molecule has 3 heteroatoms. The second kappa shape index (κ2) is 4.17. The molecule has 84 valence electrons. The molecule has 0 saturated carbocycles. The van der Waals surface area contributed by atoms with Crippen LogP contribution in [0.5, 0.6) is 0 Å². The van der Waals surface area contributed by atoms with Crippen molar-refractivity contribution in [1.82, 2.24) is 5.32 Å². The van der Waals surface area contributed by atoms with E-state index in [1.807, 2.05) is 13.8 Å². The summed E-state index contributed by atoms with van der Waals surface area (Å²) in [6.07, 6.45) is 1.00. The van der Waals surface area contributed by atoms with E-state index in [-0.39, 0.29) is 5.54 Å². The normalized spacial score (nSPS) is 38.1. The van der Waals surface area contributed by atoms with Crippen LogP contribution in [0.1, 0.15) is 41.0 Å². The molecular weight excluding hydrogens is 178 g/mol. The summed E-state index contributed by atoms with van der Waals surface area (Å²) >= 11 is 0. The summed E-state index contributed by atoms with van der Waals surface area (Å²) in [7, 11) is 0. The van der Waals surface area contributed by atoms with Crippen LogP contribution in [0.4, 0.5) is 0 Å². The Morgan fingerprint density at radius 1 is 1.43 bits per heavy atom. The molecule has 1 N–H and O–H groups in total. The molecule has 1 fully saturated rings. The van der Waals surface area contributed by atoms with Crippen molar-refractivity contribution < 1.29 is 9.47 Å². The minimum atomic E-state index is -0.480. The molecule has 1 heterocycles. The number of ether oxygens (including phenoxy) is 2. The number of hydrogen-bond acceptors (Lipinski definition) is 3. The topological polar surface area (TPSA) is 30.5 Å². The number of hydrogen-bond donors (Lipinski definition) is 1. The summed E-state index contributed by atoms with van der Waals surface area (Å²) in [5, 5.41) is 3.54. The molecule has 1 rings (SSSR count). The molecule has 0 amide bonds. The molecule has 0 unspecified atom stereocenters. The highest BCUT2D eigenvalue weighted by Crippen LogP contribution is 2.36. The van der Waals surface area contributed by atoms with Crippen LogP contribution >= 0.6 is 0 Å². The Kier molecular flexibility index (Phi) is 3.56. The summed E-state index contributed by atoms with van der Waals surface area (Å²) in [6.45, 7) is 12.0. The number of rotatable bonds is 4. The summed E-state index contributed by atoms with van der Waals surface area (Å²) < 4.78 is 11.4. The maximum atomic E-state index is 5.72. The van der Waals surface area contributed by atoms with Gasteiger partial charge < -0.3 is 14.8 Å². The fourth-order valence-electron chi connectivity index (χ4n) is 2.15. The van der Waals surface area contributed by atoms with E-state index in [1.165, 1.54) is 0 Å². The molecule has 14 heavy (non-hydrogen) atoms. The van der Waals surface area contributed by atoms with E-state index < -0.39 is 5.79 Å². The zero-order chi connectivity index (χ0) is 10.8. The second-order valence-electron chi connectivity index (χ2n) is 4.61. The Labute approximate surface area is 87.2 Å². The molecule has 1 saturated heterocycles. The van der Waals surface area contributed by atoms with Crippen molar-refractivity contribution in [2.75, 3.05) is 13.2 Å². The average molecular weight is 201 g/mol. The van der Waals surface area contributed by atoms with Crippen molar-refractivity contribution in [2.45, 2.75) is 58.4 Å². The lowest BCUT2D eigenvalue weighted by atomic mass is 9.90. The Morgan fingerprint density at radius 3 is 2.57 bits per heavy atom. The van der Waals surface area contributed by atoms with E-state index in [9.17, 15) is 0 Å². The van der Waals surface area contributed by atoms with Gasteiger partial charge in [-0.15, -0.1) is 0 Å². The summed E-state index contributed by atoms with van der Waals surface area (Å²) in [5.74, 6) is -0.480. The van der Waals surface area contributed by atoms with Crippen LogP contribution in [0.3, 0.4) is 0 Å². The highest BCUT2D eigenvalue weighted by Gasteiger charge is 2.51. The fourth-order valence-corrected chi connectivity index (χ4v) is 2.15. The average Bonchev–Trinajstić information content (AvgIpc) is 2.27. The molecule has 0 spiro atoms. The van der Waals surface area contributed by atoms with Crippen LogP contribution in [0.25, 0.3) is 0 Å². The SMILES string of the molecule is CCO[C@@]1(C)OCC[C@]1(C)NC(C)C. The van der Waals surface area contributed by atoms with Gasteiger partial charge in [0.15, 0.2) is 5.79 Å². The van der Waals surface area contributed by atoms with Gasteiger partial charge in [0.2, 0.25) is 0 Å². The van der Waals surface area contributed by atoms with Gasteiger partial charge in [-0.3, -0.25) is 0 Å². The van der Waals surface area contributed by atoms with Gasteiger partial charge in [0.05, 0.1) is 12.1 Å². The van der Waals surface area contributed by atoms with E-state index in [1.54, 1.807) is 0 Å². The second-order valence-corrected chi connectivity index (χ2v) is 4.61. The van der Waals surface area contributed by atoms with Crippen molar-refractivity contribution in [1.29, 1.82) is 0 Å². The van der Waals surface area contributed by atoms with Crippen LogP contribution in [-0.4, -0.2) is 30.6 Å². The first-order valence-corrected chi connectivity index (χ1v) is 5.49. The summed E-state index contributed by atoms with van der Waals surface area (Å²) in [4.78, 5) is 0. The minimum Gasteiger partial charge on any atom is -0.349 e. The van der Waals surface area contributed by atoms with Gasteiger partial charge in [0.1, 0.15) is 0 Å². The van der Waals surface area contributed by atoms with Crippen LogP contribution in [0.15, 0.2) is 0 Å². The van der Waals surface area contributed by atoms with Crippen molar-refractivity contribution in [3.05, 3.63) is 0 Å². The van der Waals surface area contributed by atoms with Crippen LogP contribution in [0, 0.1) is 0 Å². The highest BCUT2D eigenvalue weighted by molar-refractivity contribution is 5.00. The Morgan fingerprint density at radius 2 is 2.07 bits per heavy atom. The standard InChI is InChI=1S/C11H23NO2/c1-6-13-11(5)10(4,7-8-14-11)12-9(2)3/h9,12H,6-8H2,1-5H3/t10-,11-/m0/s1. The van der Waals surface area contributed by atoms with Crippen LogP contribution in [-0.2, 0) is 9.47 Å². The molecular formula is C11H23NO2. The lowest BCUT2D eigenvalue weighted by Crippen LogP contribution is -2.59. The Bertz CT molecular complexity index is 196. The highest BCUT2D eigenvalue weighted by atomic mass is 16.7. The molecule has 1 aliphatic heterocycles. The van der Waals surface area contributed by atoms with Crippen LogP contribution in [0.2, 0.25) is 0 Å². The van der Waals surface area contributed by atoms with Crippen molar-refractivity contribution >= 4 is 0 Å². The first kappa shape index (κ1) is 12.0. The molecule has 1 aliphatic rings. The van der Waals surface area contributed by atoms with E-state index in [2.05, 4.69) is 26.1 Å². The quantitative estimate of drug-likeness (QED) is 0.753. The van der Waals surface area contributed by atoms with Crippen molar-refractivity contribution in [3.8, 4) is 0 Å². The monoisotopic (exact) mass is 201 g/mol. The molecule has 0 aromatic heterocycles. The zero-order valence-corrected chi connectivity index (χ0v) is 10.0. The van der Waals surface area contributed by atoms with E-state index in [0.29, 0.717) is 12.6 Å².